The lowest BCUT2D eigenvalue weighted by atomic mass is 10.2. The van der Waals surface area contributed by atoms with Crippen molar-refractivity contribution in [2.24, 2.45) is 0 Å². The largest absolute Gasteiger partial charge is 0.506 e. The van der Waals surface area contributed by atoms with Crippen molar-refractivity contribution in [3.05, 3.63) is 46.7 Å². The van der Waals surface area contributed by atoms with Crippen LogP contribution in [0.1, 0.15) is 11.3 Å². The van der Waals surface area contributed by atoms with E-state index in [1.54, 1.807) is 35.6 Å². The zero-order valence-electron chi connectivity index (χ0n) is 9.22. The molecule has 0 fully saturated rings. The number of hydrogen-bond acceptors (Lipinski definition) is 3. The third-order valence-corrected chi connectivity index (χ3v) is 3.29. The third kappa shape index (κ3) is 3.32. The highest BCUT2D eigenvalue weighted by Crippen LogP contribution is 2.21. The third-order valence-electron chi connectivity index (χ3n) is 2.36. The lowest BCUT2D eigenvalue weighted by Gasteiger charge is -2.06. The maximum absolute atomic E-state index is 11.6. The molecule has 0 radical (unpaired) electrons. The summed E-state index contributed by atoms with van der Waals surface area (Å²) in [7, 11) is 0. The summed E-state index contributed by atoms with van der Waals surface area (Å²) in [5, 5.41) is 14.2. The van der Waals surface area contributed by atoms with E-state index in [1.807, 2.05) is 17.5 Å². The first-order chi connectivity index (χ1) is 8.25. The Balaban J connectivity index is 1.87. The van der Waals surface area contributed by atoms with Gasteiger partial charge in [-0.15, -0.1) is 11.3 Å². The zero-order valence-corrected chi connectivity index (χ0v) is 10.0. The Bertz CT molecular complexity index is 494. The van der Waals surface area contributed by atoms with Crippen LogP contribution in [0.15, 0.2) is 41.8 Å². The van der Waals surface area contributed by atoms with Crippen LogP contribution in [0.2, 0.25) is 0 Å². The number of phenolic OH excluding ortho intramolecular Hbond substituents is 1. The van der Waals surface area contributed by atoms with E-state index in [1.165, 1.54) is 4.88 Å². The van der Waals surface area contributed by atoms with Crippen molar-refractivity contribution >= 4 is 22.9 Å². The van der Waals surface area contributed by atoms with Gasteiger partial charge in [-0.05, 0) is 30.0 Å². The topological polar surface area (TPSA) is 49.3 Å². The van der Waals surface area contributed by atoms with Gasteiger partial charge in [0.2, 0.25) is 5.91 Å². The summed E-state index contributed by atoms with van der Waals surface area (Å²) in [6.07, 6.45) is 1.16. The van der Waals surface area contributed by atoms with E-state index in [-0.39, 0.29) is 11.7 Å². The molecule has 3 nitrogen and oxygen atoms in total. The van der Waals surface area contributed by atoms with Gasteiger partial charge in [0.05, 0.1) is 5.69 Å². The van der Waals surface area contributed by atoms with Crippen molar-refractivity contribution < 1.29 is 9.90 Å². The van der Waals surface area contributed by atoms with E-state index < -0.39 is 0 Å². The molecule has 1 heterocycles. The maximum Gasteiger partial charge on any atom is 0.224 e. The highest BCUT2D eigenvalue weighted by molar-refractivity contribution is 7.09. The van der Waals surface area contributed by atoms with E-state index >= 15 is 0 Å². The van der Waals surface area contributed by atoms with Crippen molar-refractivity contribution in [3.63, 3.8) is 0 Å². The molecule has 1 amide bonds. The van der Waals surface area contributed by atoms with E-state index in [0.717, 1.165) is 6.42 Å². The number of anilines is 1. The van der Waals surface area contributed by atoms with Crippen molar-refractivity contribution in [3.8, 4) is 5.75 Å². The molecule has 0 aliphatic rings. The Morgan fingerprint density at radius 2 is 2.06 bits per heavy atom. The normalized spacial score (nSPS) is 10.1. The minimum Gasteiger partial charge on any atom is -0.506 e. The molecule has 2 N–H and O–H groups in total. The predicted molar refractivity (Wildman–Crippen MR) is 69.4 cm³/mol. The van der Waals surface area contributed by atoms with Crippen molar-refractivity contribution in [2.75, 3.05) is 5.32 Å². The summed E-state index contributed by atoms with van der Waals surface area (Å²) in [6, 6.07) is 10.7. The summed E-state index contributed by atoms with van der Waals surface area (Å²) >= 11 is 1.64. The first-order valence-electron chi connectivity index (χ1n) is 5.36. The maximum atomic E-state index is 11.6. The summed E-state index contributed by atoms with van der Waals surface area (Å²) in [5.74, 6) is 0.0110. The SMILES string of the molecule is O=C(CCc1cccs1)Nc1ccccc1O. The smallest absolute Gasteiger partial charge is 0.224 e. The van der Waals surface area contributed by atoms with Gasteiger partial charge in [0.15, 0.2) is 0 Å². The Morgan fingerprint density at radius 3 is 2.76 bits per heavy atom. The van der Waals surface area contributed by atoms with Crippen LogP contribution in [0, 0.1) is 0 Å². The van der Waals surface area contributed by atoms with Crippen LogP contribution in [0.25, 0.3) is 0 Å². The van der Waals surface area contributed by atoms with Crippen molar-refractivity contribution in [1.29, 1.82) is 0 Å². The Morgan fingerprint density at radius 1 is 1.24 bits per heavy atom. The molecule has 0 spiro atoms. The number of para-hydroxylation sites is 2. The Labute approximate surface area is 104 Å². The number of amides is 1. The van der Waals surface area contributed by atoms with Crippen LogP contribution >= 0.6 is 11.3 Å². The molecule has 1 aromatic carbocycles. The van der Waals surface area contributed by atoms with Crippen LogP contribution in [0.4, 0.5) is 5.69 Å². The average Bonchev–Trinajstić information content (AvgIpc) is 2.82. The molecule has 88 valence electrons. The molecule has 2 rings (SSSR count). The van der Waals surface area contributed by atoms with Crippen molar-refractivity contribution in [2.45, 2.75) is 12.8 Å². The number of aryl methyl sites for hydroxylation is 1. The molecule has 0 saturated heterocycles. The van der Waals surface area contributed by atoms with Gasteiger partial charge in [0.25, 0.3) is 0 Å². The molecule has 17 heavy (non-hydrogen) atoms. The Hall–Kier alpha value is -1.81. The van der Waals surface area contributed by atoms with Gasteiger partial charge in [-0.1, -0.05) is 18.2 Å². The second-order valence-electron chi connectivity index (χ2n) is 3.64. The first-order valence-corrected chi connectivity index (χ1v) is 6.24. The van der Waals surface area contributed by atoms with Gasteiger partial charge in [-0.25, -0.2) is 0 Å². The number of phenols is 1. The molecule has 1 aromatic heterocycles. The van der Waals surface area contributed by atoms with E-state index in [4.69, 9.17) is 0 Å². The van der Waals surface area contributed by atoms with Gasteiger partial charge in [-0.2, -0.15) is 0 Å². The molecule has 2 aromatic rings. The van der Waals surface area contributed by atoms with E-state index in [0.29, 0.717) is 12.1 Å². The van der Waals surface area contributed by atoms with Gasteiger partial charge in [0.1, 0.15) is 5.75 Å². The molecule has 0 bridgehead atoms. The number of rotatable bonds is 4. The molecular weight excluding hydrogens is 234 g/mol. The molecule has 0 aliphatic heterocycles. The van der Waals surface area contributed by atoms with Crippen LogP contribution in [0.5, 0.6) is 5.75 Å². The fraction of sp³-hybridized carbons (Fsp3) is 0.154. The van der Waals surface area contributed by atoms with E-state index in [2.05, 4.69) is 5.32 Å². The summed E-state index contributed by atoms with van der Waals surface area (Å²) in [5.41, 5.74) is 0.462. The van der Waals surface area contributed by atoms with Gasteiger partial charge in [-0.3, -0.25) is 4.79 Å². The van der Waals surface area contributed by atoms with Gasteiger partial charge in [0, 0.05) is 11.3 Å². The number of nitrogens with one attached hydrogen (secondary N) is 1. The molecule has 0 aliphatic carbocycles. The monoisotopic (exact) mass is 247 g/mol. The second kappa shape index (κ2) is 5.50. The second-order valence-corrected chi connectivity index (χ2v) is 4.68. The molecular formula is C13H13NO2S. The van der Waals surface area contributed by atoms with E-state index in [9.17, 15) is 9.90 Å². The zero-order chi connectivity index (χ0) is 12.1. The first kappa shape index (κ1) is 11.7. The molecule has 0 saturated carbocycles. The van der Waals surface area contributed by atoms with Crippen LogP contribution < -0.4 is 5.32 Å². The Kier molecular flexibility index (Phi) is 3.77. The fourth-order valence-electron chi connectivity index (χ4n) is 1.48. The minimum atomic E-state index is -0.0834. The highest BCUT2D eigenvalue weighted by atomic mass is 32.1. The number of carbonyl (C=O) groups is 1. The van der Waals surface area contributed by atoms with Crippen LogP contribution in [0.3, 0.4) is 0 Å². The standard InChI is InChI=1S/C13H13NO2S/c15-12-6-2-1-5-11(12)14-13(16)8-7-10-4-3-9-17-10/h1-6,9,15H,7-8H2,(H,14,16). The van der Waals surface area contributed by atoms with Crippen molar-refractivity contribution in [1.82, 2.24) is 0 Å². The minimum absolute atomic E-state index is 0.0834. The number of benzene rings is 1. The molecule has 4 heteroatoms. The summed E-state index contributed by atoms with van der Waals surface area (Å²) < 4.78 is 0. The van der Waals surface area contributed by atoms with Gasteiger partial charge >= 0.3 is 0 Å². The summed E-state index contributed by atoms with van der Waals surface area (Å²) in [4.78, 5) is 12.8. The predicted octanol–water partition coefficient (Wildman–Crippen LogP) is 3.03. The fourth-order valence-corrected chi connectivity index (χ4v) is 2.19. The lowest BCUT2D eigenvalue weighted by molar-refractivity contribution is -0.116. The summed E-state index contributed by atoms with van der Waals surface area (Å²) in [6.45, 7) is 0. The number of aromatic hydroxyl groups is 1. The van der Waals surface area contributed by atoms with Crippen LogP contribution in [-0.4, -0.2) is 11.0 Å². The lowest BCUT2D eigenvalue weighted by Crippen LogP contribution is -2.12. The molecule has 0 unspecified atom stereocenters. The quantitative estimate of drug-likeness (QED) is 0.816. The number of carbonyl (C=O) groups excluding carboxylic acids is 1. The molecule has 0 atom stereocenters. The number of thiophene rings is 1. The number of hydrogen-bond donors (Lipinski definition) is 2. The van der Waals surface area contributed by atoms with Gasteiger partial charge < -0.3 is 10.4 Å². The average molecular weight is 247 g/mol. The highest BCUT2D eigenvalue weighted by Gasteiger charge is 2.06. The van der Waals surface area contributed by atoms with Crippen LogP contribution in [-0.2, 0) is 11.2 Å².